The zero-order valence-corrected chi connectivity index (χ0v) is 13.1. The summed E-state index contributed by atoms with van der Waals surface area (Å²) < 4.78 is 0. The molecule has 2 atom stereocenters. The molecule has 0 aliphatic carbocycles. The fourth-order valence-electron chi connectivity index (χ4n) is 2.64. The second-order valence-electron chi connectivity index (χ2n) is 6.37. The number of amides is 2. The van der Waals surface area contributed by atoms with Crippen molar-refractivity contribution >= 4 is 17.8 Å². The Morgan fingerprint density at radius 1 is 1.29 bits per heavy atom. The number of carbonyl (C=O) groups excluding carboxylic acids is 2. The Labute approximate surface area is 125 Å². The number of nitrogens with one attached hydrogen (secondary N) is 1. The van der Waals surface area contributed by atoms with E-state index in [9.17, 15) is 14.4 Å². The second-order valence-corrected chi connectivity index (χ2v) is 6.37. The summed E-state index contributed by atoms with van der Waals surface area (Å²) in [5, 5.41) is 11.8. The lowest BCUT2D eigenvalue weighted by molar-refractivity contribution is -0.146. The van der Waals surface area contributed by atoms with Gasteiger partial charge in [0.15, 0.2) is 0 Å². The standard InChI is InChI=1S/C15H26N2O4/c1-10(2)6-13(18)16-5-4-14(19)17-8-11(3)7-12(9-17)15(20)21/h10-12H,4-9H2,1-3H3,(H,16,18)(H,20,21). The predicted octanol–water partition coefficient (Wildman–Crippen LogP) is 1.11. The number of likely N-dealkylation sites (tertiary alicyclic amines) is 1. The number of carboxylic acid groups (broad SMARTS) is 1. The molecule has 0 bridgehead atoms. The first-order valence-corrected chi connectivity index (χ1v) is 7.56. The molecule has 1 saturated heterocycles. The fraction of sp³-hybridized carbons (Fsp3) is 0.800. The van der Waals surface area contributed by atoms with Crippen molar-refractivity contribution in [2.45, 2.75) is 40.0 Å². The molecule has 6 nitrogen and oxygen atoms in total. The zero-order valence-electron chi connectivity index (χ0n) is 13.1. The Kier molecular flexibility index (Phi) is 6.65. The van der Waals surface area contributed by atoms with Crippen molar-refractivity contribution in [3.05, 3.63) is 0 Å². The highest BCUT2D eigenvalue weighted by atomic mass is 16.4. The third kappa shape index (κ3) is 6.14. The monoisotopic (exact) mass is 298 g/mol. The van der Waals surface area contributed by atoms with Crippen LogP contribution in [0.1, 0.15) is 40.0 Å². The van der Waals surface area contributed by atoms with E-state index in [0.29, 0.717) is 31.8 Å². The van der Waals surface area contributed by atoms with E-state index in [4.69, 9.17) is 5.11 Å². The summed E-state index contributed by atoms with van der Waals surface area (Å²) in [7, 11) is 0. The molecule has 2 unspecified atom stereocenters. The average molecular weight is 298 g/mol. The lowest BCUT2D eigenvalue weighted by Gasteiger charge is -2.34. The van der Waals surface area contributed by atoms with Crippen molar-refractivity contribution in [1.29, 1.82) is 0 Å². The van der Waals surface area contributed by atoms with Gasteiger partial charge in [0.25, 0.3) is 0 Å². The molecule has 6 heteroatoms. The van der Waals surface area contributed by atoms with Crippen molar-refractivity contribution in [3.63, 3.8) is 0 Å². The largest absolute Gasteiger partial charge is 0.481 e. The third-order valence-corrected chi connectivity index (χ3v) is 3.62. The summed E-state index contributed by atoms with van der Waals surface area (Å²) in [6.45, 7) is 7.07. The Hall–Kier alpha value is -1.59. The highest BCUT2D eigenvalue weighted by molar-refractivity contribution is 5.80. The molecule has 0 radical (unpaired) electrons. The zero-order chi connectivity index (χ0) is 16.0. The summed E-state index contributed by atoms with van der Waals surface area (Å²) in [5.41, 5.74) is 0. The molecule has 1 aliphatic rings. The highest BCUT2D eigenvalue weighted by Crippen LogP contribution is 2.22. The molecule has 0 saturated carbocycles. The quantitative estimate of drug-likeness (QED) is 0.769. The third-order valence-electron chi connectivity index (χ3n) is 3.62. The predicted molar refractivity (Wildman–Crippen MR) is 78.6 cm³/mol. The molecule has 1 fully saturated rings. The van der Waals surface area contributed by atoms with Crippen LogP contribution in [0.2, 0.25) is 0 Å². The van der Waals surface area contributed by atoms with E-state index < -0.39 is 11.9 Å². The van der Waals surface area contributed by atoms with Crippen LogP contribution < -0.4 is 5.32 Å². The van der Waals surface area contributed by atoms with Gasteiger partial charge in [-0.05, 0) is 18.3 Å². The molecule has 2 amide bonds. The number of carboxylic acids is 1. The van der Waals surface area contributed by atoms with Crippen molar-refractivity contribution in [2.75, 3.05) is 19.6 Å². The molecule has 0 spiro atoms. The highest BCUT2D eigenvalue weighted by Gasteiger charge is 2.31. The molecule has 1 rings (SSSR count). The minimum absolute atomic E-state index is 0.0479. The van der Waals surface area contributed by atoms with E-state index in [2.05, 4.69) is 5.32 Å². The van der Waals surface area contributed by atoms with Crippen LogP contribution in [0.5, 0.6) is 0 Å². The van der Waals surface area contributed by atoms with Crippen molar-refractivity contribution in [1.82, 2.24) is 10.2 Å². The van der Waals surface area contributed by atoms with Gasteiger partial charge in [-0.15, -0.1) is 0 Å². The minimum Gasteiger partial charge on any atom is -0.481 e. The minimum atomic E-state index is -0.843. The van der Waals surface area contributed by atoms with E-state index in [1.807, 2.05) is 20.8 Å². The number of carbonyl (C=O) groups is 3. The maximum atomic E-state index is 12.1. The van der Waals surface area contributed by atoms with E-state index >= 15 is 0 Å². The van der Waals surface area contributed by atoms with Crippen LogP contribution in [0.25, 0.3) is 0 Å². The lowest BCUT2D eigenvalue weighted by Crippen LogP contribution is -2.46. The van der Waals surface area contributed by atoms with Gasteiger partial charge in [-0.1, -0.05) is 20.8 Å². The molecular formula is C15H26N2O4. The van der Waals surface area contributed by atoms with Crippen molar-refractivity contribution in [2.24, 2.45) is 17.8 Å². The Morgan fingerprint density at radius 3 is 2.52 bits per heavy atom. The van der Waals surface area contributed by atoms with Crippen LogP contribution in [0, 0.1) is 17.8 Å². The summed E-state index contributed by atoms with van der Waals surface area (Å²) in [5.74, 6) is -0.969. The normalized spacial score (nSPS) is 22.2. The maximum Gasteiger partial charge on any atom is 0.308 e. The lowest BCUT2D eigenvalue weighted by atomic mass is 9.90. The van der Waals surface area contributed by atoms with Crippen LogP contribution in [0.15, 0.2) is 0 Å². The molecule has 2 N–H and O–H groups in total. The molecule has 0 aromatic rings. The summed E-state index contributed by atoms with van der Waals surface area (Å²) in [4.78, 5) is 36.3. The summed E-state index contributed by atoms with van der Waals surface area (Å²) in [6, 6.07) is 0. The van der Waals surface area contributed by atoms with Gasteiger partial charge in [-0.25, -0.2) is 0 Å². The Bertz CT molecular complexity index is 395. The molecule has 21 heavy (non-hydrogen) atoms. The Balaban J connectivity index is 2.37. The number of hydrogen-bond donors (Lipinski definition) is 2. The van der Waals surface area contributed by atoms with Crippen LogP contribution in [0.3, 0.4) is 0 Å². The van der Waals surface area contributed by atoms with Crippen LogP contribution >= 0.6 is 0 Å². The van der Waals surface area contributed by atoms with E-state index in [1.165, 1.54) is 0 Å². The van der Waals surface area contributed by atoms with E-state index in [-0.39, 0.29) is 30.7 Å². The first-order chi connectivity index (χ1) is 9.79. The second kappa shape index (κ2) is 8.00. The van der Waals surface area contributed by atoms with Gasteiger partial charge in [-0.3, -0.25) is 14.4 Å². The topological polar surface area (TPSA) is 86.7 Å². The first-order valence-electron chi connectivity index (χ1n) is 7.56. The number of rotatable bonds is 6. The summed E-state index contributed by atoms with van der Waals surface area (Å²) >= 11 is 0. The number of piperidine rings is 1. The van der Waals surface area contributed by atoms with E-state index in [1.54, 1.807) is 4.90 Å². The molecule has 1 heterocycles. The maximum absolute atomic E-state index is 12.1. The smallest absolute Gasteiger partial charge is 0.308 e. The van der Waals surface area contributed by atoms with E-state index in [0.717, 1.165) is 0 Å². The van der Waals surface area contributed by atoms with Gasteiger partial charge in [0.05, 0.1) is 5.92 Å². The Morgan fingerprint density at radius 2 is 1.95 bits per heavy atom. The van der Waals surface area contributed by atoms with Gasteiger partial charge in [0.1, 0.15) is 0 Å². The SMILES string of the molecule is CC(C)CC(=O)NCCC(=O)N1CC(C)CC(C(=O)O)C1. The fourth-order valence-corrected chi connectivity index (χ4v) is 2.64. The van der Waals surface area contributed by atoms with Gasteiger partial charge in [-0.2, -0.15) is 0 Å². The van der Waals surface area contributed by atoms with Crippen molar-refractivity contribution < 1.29 is 19.5 Å². The molecule has 120 valence electrons. The molecule has 0 aromatic heterocycles. The van der Waals surface area contributed by atoms with Gasteiger partial charge in [0.2, 0.25) is 11.8 Å². The van der Waals surface area contributed by atoms with Gasteiger partial charge < -0.3 is 15.3 Å². The van der Waals surface area contributed by atoms with Crippen molar-refractivity contribution in [3.8, 4) is 0 Å². The average Bonchev–Trinajstić information content (AvgIpc) is 2.36. The molecule has 0 aromatic carbocycles. The van der Waals surface area contributed by atoms with Crippen LogP contribution in [-0.4, -0.2) is 47.4 Å². The summed E-state index contributed by atoms with van der Waals surface area (Å²) in [6.07, 6.45) is 1.29. The van der Waals surface area contributed by atoms with Crippen LogP contribution in [-0.2, 0) is 14.4 Å². The number of nitrogens with zero attached hydrogens (tertiary/aromatic N) is 1. The number of aliphatic carboxylic acids is 1. The van der Waals surface area contributed by atoms with Gasteiger partial charge >= 0.3 is 5.97 Å². The van der Waals surface area contributed by atoms with Crippen LogP contribution in [0.4, 0.5) is 0 Å². The first kappa shape index (κ1) is 17.5. The number of hydrogen-bond acceptors (Lipinski definition) is 3. The van der Waals surface area contributed by atoms with Gasteiger partial charge in [0, 0.05) is 32.5 Å². The molecular weight excluding hydrogens is 272 g/mol. The molecule has 1 aliphatic heterocycles.